The first kappa shape index (κ1) is 24.5. The second-order valence-electron chi connectivity index (χ2n) is 7.36. The molecule has 0 saturated carbocycles. The van der Waals surface area contributed by atoms with E-state index in [4.69, 9.17) is 25.8 Å². The molecule has 0 heterocycles. The number of para-hydroxylation sites is 3. The van der Waals surface area contributed by atoms with Crippen molar-refractivity contribution in [3.63, 3.8) is 0 Å². The third kappa shape index (κ3) is 6.94. The van der Waals surface area contributed by atoms with Crippen LogP contribution in [0.4, 0.5) is 0 Å². The molecular formula is C28H21ClN2O5. The van der Waals surface area contributed by atoms with E-state index in [-0.39, 0.29) is 5.75 Å². The molecule has 4 rings (SSSR count). The van der Waals surface area contributed by atoms with E-state index in [1.165, 1.54) is 6.21 Å². The van der Waals surface area contributed by atoms with Crippen molar-refractivity contribution in [2.75, 3.05) is 0 Å². The maximum absolute atomic E-state index is 12.8. The van der Waals surface area contributed by atoms with Gasteiger partial charge in [0.15, 0.2) is 0 Å². The van der Waals surface area contributed by atoms with E-state index in [0.29, 0.717) is 27.6 Å². The maximum Gasteiger partial charge on any atom is 0.343 e. The number of rotatable bonds is 9. The highest BCUT2D eigenvalue weighted by Gasteiger charge is 2.22. The fraction of sp³-hybridized carbons (Fsp3) is 0.0357. The molecule has 0 bridgehead atoms. The van der Waals surface area contributed by atoms with Crippen molar-refractivity contribution in [1.29, 1.82) is 0 Å². The monoisotopic (exact) mass is 500 g/mol. The van der Waals surface area contributed by atoms with Gasteiger partial charge >= 0.3 is 18.2 Å². The second-order valence-corrected chi connectivity index (χ2v) is 7.80. The molecule has 7 nitrogen and oxygen atoms in total. The van der Waals surface area contributed by atoms with E-state index in [9.17, 15) is 9.59 Å². The van der Waals surface area contributed by atoms with Gasteiger partial charge in [-0.05, 0) is 60.7 Å². The van der Waals surface area contributed by atoms with Gasteiger partial charge in [0.05, 0.1) is 11.8 Å². The van der Waals surface area contributed by atoms with Gasteiger partial charge in [-0.2, -0.15) is 5.10 Å². The van der Waals surface area contributed by atoms with E-state index in [1.54, 1.807) is 97.1 Å². The molecule has 0 radical (unpaired) electrons. The van der Waals surface area contributed by atoms with Crippen LogP contribution in [0.15, 0.2) is 114 Å². The zero-order valence-corrected chi connectivity index (χ0v) is 19.7. The highest BCUT2D eigenvalue weighted by atomic mass is 35.5. The second kappa shape index (κ2) is 12.2. The van der Waals surface area contributed by atoms with Gasteiger partial charge in [-0.1, -0.05) is 60.1 Å². The van der Waals surface area contributed by atoms with Gasteiger partial charge in [0.2, 0.25) is 0 Å². The number of nitrogens with zero attached hydrogens (tertiary/aromatic N) is 1. The molecule has 0 unspecified atom stereocenters. The van der Waals surface area contributed by atoms with Crippen molar-refractivity contribution in [2.45, 2.75) is 6.29 Å². The highest BCUT2D eigenvalue weighted by molar-refractivity contribution is 6.30. The molecule has 4 aromatic carbocycles. The predicted octanol–water partition coefficient (Wildman–Crippen LogP) is 5.49. The van der Waals surface area contributed by atoms with Crippen LogP contribution < -0.4 is 19.6 Å². The van der Waals surface area contributed by atoms with E-state index in [0.717, 1.165) is 0 Å². The van der Waals surface area contributed by atoms with Gasteiger partial charge in [0.1, 0.15) is 17.2 Å². The SMILES string of the molecule is O=C(Oc1ccccc1/C=N/NC(=O)C(Oc1ccccc1)Oc1ccccc1)c1ccc(Cl)cc1. The highest BCUT2D eigenvalue weighted by Crippen LogP contribution is 2.19. The van der Waals surface area contributed by atoms with Gasteiger partial charge in [-0.25, -0.2) is 10.2 Å². The Morgan fingerprint density at radius 1 is 0.750 bits per heavy atom. The summed E-state index contributed by atoms with van der Waals surface area (Å²) in [7, 11) is 0. The minimum Gasteiger partial charge on any atom is -0.446 e. The molecule has 0 atom stereocenters. The Balaban J connectivity index is 1.44. The fourth-order valence-electron chi connectivity index (χ4n) is 3.02. The Kier molecular flexibility index (Phi) is 8.30. The van der Waals surface area contributed by atoms with Crippen LogP contribution in [0.2, 0.25) is 5.02 Å². The van der Waals surface area contributed by atoms with Gasteiger partial charge in [-0.3, -0.25) is 4.79 Å². The number of hydrogen-bond donors (Lipinski definition) is 1. The molecule has 0 aliphatic rings. The van der Waals surface area contributed by atoms with Crippen LogP contribution in [0, 0.1) is 0 Å². The Bertz CT molecular complexity index is 1290. The van der Waals surface area contributed by atoms with Crippen molar-refractivity contribution < 1.29 is 23.8 Å². The average molecular weight is 501 g/mol. The molecular weight excluding hydrogens is 480 g/mol. The largest absolute Gasteiger partial charge is 0.446 e. The molecule has 0 spiro atoms. The quantitative estimate of drug-likeness (QED) is 0.108. The van der Waals surface area contributed by atoms with Gasteiger partial charge in [0.25, 0.3) is 0 Å². The summed E-state index contributed by atoms with van der Waals surface area (Å²) in [4.78, 5) is 25.3. The normalized spacial score (nSPS) is 10.7. The first-order valence-electron chi connectivity index (χ1n) is 10.9. The number of ether oxygens (including phenoxy) is 3. The third-order valence-corrected chi connectivity index (χ3v) is 5.02. The lowest BCUT2D eigenvalue weighted by Gasteiger charge is -2.18. The number of carbonyl (C=O) groups is 2. The minimum absolute atomic E-state index is 0.271. The Hall–Kier alpha value is -4.62. The lowest BCUT2D eigenvalue weighted by atomic mass is 10.2. The van der Waals surface area contributed by atoms with Crippen LogP contribution in [-0.4, -0.2) is 24.4 Å². The molecule has 1 N–H and O–H groups in total. The molecule has 0 aliphatic heterocycles. The van der Waals surface area contributed by atoms with Crippen molar-refractivity contribution >= 4 is 29.7 Å². The molecule has 1 amide bonds. The molecule has 0 aromatic heterocycles. The molecule has 0 aliphatic carbocycles. The van der Waals surface area contributed by atoms with Crippen LogP contribution in [0.5, 0.6) is 17.2 Å². The predicted molar refractivity (Wildman–Crippen MR) is 137 cm³/mol. The summed E-state index contributed by atoms with van der Waals surface area (Å²) in [5.74, 6) is 0.000779. The summed E-state index contributed by atoms with van der Waals surface area (Å²) < 4.78 is 17.0. The van der Waals surface area contributed by atoms with E-state index < -0.39 is 18.2 Å². The summed E-state index contributed by atoms with van der Waals surface area (Å²) in [6.45, 7) is 0. The number of halogens is 1. The number of esters is 1. The van der Waals surface area contributed by atoms with E-state index in [2.05, 4.69) is 10.5 Å². The molecule has 36 heavy (non-hydrogen) atoms. The Morgan fingerprint density at radius 3 is 1.92 bits per heavy atom. The molecule has 0 saturated heterocycles. The summed E-state index contributed by atoms with van der Waals surface area (Å²) >= 11 is 5.88. The third-order valence-electron chi connectivity index (χ3n) is 4.77. The minimum atomic E-state index is -1.30. The molecule has 0 fully saturated rings. The van der Waals surface area contributed by atoms with Crippen molar-refractivity contribution in [3.8, 4) is 17.2 Å². The number of carbonyl (C=O) groups excluding carboxylic acids is 2. The number of benzene rings is 4. The first-order chi connectivity index (χ1) is 17.6. The summed E-state index contributed by atoms with van der Waals surface area (Å²) in [6, 6.07) is 30.8. The standard InChI is InChI=1S/C28H21ClN2O5/c29-22-17-15-20(16-18-22)27(33)36-25-14-8-7-9-21(25)19-30-31-26(32)28(34-23-10-3-1-4-11-23)35-24-12-5-2-6-13-24/h1-19,28H,(H,31,32)/b30-19+. The zero-order valence-electron chi connectivity index (χ0n) is 18.9. The van der Waals surface area contributed by atoms with Crippen molar-refractivity contribution in [1.82, 2.24) is 5.43 Å². The number of hydrogen-bond acceptors (Lipinski definition) is 6. The average Bonchev–Trinajstić information content (AvgIpc) is 2.91. The zero-order chi connectivity index (χ0) is 25.2. The van der Waals surface area contributed by atoms with Gasteiger partial charge in [0, 0.05) is 10.6 Å². The van der Waals surface area contributed by atoms with Gasteiger partial charge < -0.3 is 14.2 Å². The van der Waals surface area contributed by atoms with Gasteiger partial charge in [-0.15, -0.1) is 0 Å². The topological polar surface area (TPSA) is 86.2 Å². The van der Waals surface area contributed by atoms with Crippen LogP contribution >= 0.6 is 11.6 Å². The Morgan fingerprint density at radius 2 is 1.31 bits per heavy atom. The molecule has 180 valence electrons. The summed E-state index contributed by atoms with van der Waals surface area (Å²) in [5.41, 5.74) is 3.24. The number of hydrazone groups is 1. The fourth-order valence-corrected chi connectivity index (χ4v) is 3.15. The molecule has 4 aromatic rings. The number of nitrogens with one attached hydrogen (secondary N) is 1. The lowest BCUT2D eigenvalue weighted by molar-refractivity contribution is -0.140. The van der Waals surface area contributed by atoms with Crippen LogP contribution in [0.1, 0.15) is 15.9 Å². The summed E-state index contributed by atoms with van der Waals surface area (Å²) in [5, 5.41) is 4.52. The van der Waals surface area contributed by atoms with Crippen molar-refractivity contribution in [3.05, 3.63) is 125 Å². The molecule has 8 heteroatoms. The maximum atomic E-state index is 12.8. The smallest absolute Gasteiger partial charge is 0.343 e. The lowest BCUT2D eigenvalue weighted by Crippen LogP contribution is -2.40. The Labute approximate surface area is 212 Å². The first-order valence-corrected chi connectivity index (χ1v) is 11.3. The van der Waals surface area contributed by atoms with E-state index >= 15 is 0 Å². The van der Waals surface area contributed by atoms with Crippen LogP contribution in [0.25, 0.3) is 0 Å². The van der Waals surface area contributed by atoms with Crippen molar-refractivity contribution in [2.24, 2.45) is 5.10 Å². The summed E-state index contributed by atoms with van der Waals surface area (Å²) in [6.07, 6.45) is 0.0646. The number of amides is 1. The van der Waals surface area contributed by atoms with Crippen LogP contribution in [0.3, 0.4) is 0 Å². The van der Waals surface area contributed by atoms with E-state index in [1.807, 2.05) is 12.1 Å². The van der Waals surface area contributed by atoms with Crippen LogP contribution in [-0.2, 0) is 4.79 Å².